The molecule has 1 saturated heterocycles. The van der Waals surface area contributed by atoms with Crippen LogP contribution < -0.4 is 5.32 Å². The number of rotatable bonds is 4. The highest BCUT2D eigenvalue weighted by Crippen LogP contribution is 2.23. The van der Waals surface area contributed by atoms with Gasteiger partial charge in [0.2, 0.25) is 0 Å². The molecule has 9 heteroatoms. The molecule has 6 nitrogen and oxygen atoms in total. The number of thiophene rings is 1. The third-order valence-corrected chi connectivity index (χ3v) is 6.58. The second-order valence-electron chi connectivity index (χ2n) is 5.63. The number of benzene rings is 1. The number of hydrogen-bond donors (Lipinski definition) is 1. The highest BCUT2D eigenvalue weighted by atomic mass is 79.9. The number of halogens is 1. The van der Waals surface area contributed by atoms with Crippen molar-refractivity contribution in [3.8, 4) is 0 Å². The van der Waals surface area contributed by atoms with E-state index in [2.05, 4.69) is 25.6 Å². The Hall–Kier alpha value is -1.71. The zero-order valence-corrected chi connectivity index (χ0v) is 16.6. The van der Waals surface area contributed by atoms with Gasteiger partial charge in [0.25, 0.3) is 15.9 Å². The quantitative estimate of drug-likeness (QED) is 0.785. The van der Waals surface area contributed by atoms with Gasteiger partial charge in [0, 0.05) is 31.1 Å². The van der Waals surface area contributed by atoms with Crippen LogP contribution in [0.2, 0.25) is 0 Å². The van der Waals surface area contributed by atoms with E-state index in [1.165, 1.54) is 23.5 Å². The van der Waals surface area contributed by atoms with E-state index in [-0.39, 0.29) is 10.8 Å². The van der Waals surface area contributed by atoms with E-state index in [1.54, 1.807) is 23.6 Å². The van der Waals surface area contributed by atoms with Gasteiger partial charge in [-0.1, -0.05) is 6.07 Å². The van der Waals surface area contributed by atoms with Gasteiger partial charge in [-0.2, -0.15) is 8.42 Å². The van der Waals surface area contributed by atoms with Crippen molar-refractivity contribution < 1.29 is 13.2 Å². The largest absolute Gasteiger partial charge is 0.362 e. The molecule has 1 N–H and O–H groups in total. The van der Waals surface area contributed by atoms with Crippen LogP contribution in [-0.2, 0) is 10.0 Å². The molecule has 1 fully saturated rings. The fraction of sp³-hybridized carbons (Fsp3) is 0.250. The van der Waals surface area contributed by atoms with Crippen LogP contribution >= 0.6 is 27.3 Å². The number of sulfonamides is 1. The Kier molecular flexibility index (Phi) is 5.26. The number of carbonyl (C=O) groups excluding carboxylic acids is 1. The molecule has 2 aromatic rings. The van der Waals surface area contributed by atoms with Crippen molar-refractivity contribution in [3.63, 3.8) is 0 Å². The third kappa shape index (κ3) is 4.28. The van der Waals surface area contributed by atoms with Crippen molar-refractivity contribution >= 4 is 54.7 Å². The maximum Gasteiger partial charge on any atom is 0.284 e. The molecule has 1 aliphatic rings. The number of amides is 1. The molecule has 1 aliphatic heterocycles. The molecule has 0 atom stereocenters. The van der Waals surface area contributed by atoms with Gasteiger partial charge >= 0.3 is 0 Å². The summed E-state index contributed by atoms with van der Waals surface area (Å²) in [6.45, 7) is 0.806. The summed E-state index contributed by atoms with van der Waals surface area (Å²) >= 11 is 4.72. The lowest BCUT2D eigenvalue weighted by atomic mass is 10.3. The number of anilines is 1. The Labute approximate surface area is 158 Å². The van der Waals surface area contributed by atoms with Crippen molar-refractivity contribution in [2.75, 3.05) is 18.9 Å². The van der Waals surface area contributed by atoms with Crippen LogP contribution in [0.4, 0.5) is 5.69 Å². The van der Waals surface area contributed by atoms with Gasteiger partial charge in [-0.25, -0.2) is 0 Å². The second-order valence-corrected chi connectivity index (χ2v) is 9.52. The first kappa shape index (κ1) is 18.1. The third-order valence-electron chi connectivity index (χ3n) is 3.78. The highest BCUT2D eigenvalue weighted by Gasteiger charge is 2.20. The summed E-state index contributed by atoms with van der Waals surface area (Å²) in [4.78, 5) is 14.1. The SMILES string of the molecule is CN1CCC/C1=N\S(=O)(=O)c1cccc(NC(=O)c2csc(Br)c2)c1. The molecule has 0 radical (unpaired) electrons. The molecule has 1 amide bonds. The average Bonchev–Trinajstić information content (AvgIpc) is 3.16. The minimum Gasteiger partial charge on any atom is -0.362 e. The number of likely N-dealkylation sites (tertiary alicyclic amines) is 1. The van der Waals surface area contributed by atoms with E-state index >= 15 is 0 Å². The number of nitrogens with zero attached hydrogens (tertiary/aromatic N) is 2. The van der Waals surface area contributed by atoms with Crippen LogP contribution in [0.25, 0.3) is 0 Å². The van der Waals surface area contributed by atoms with E-state index in [9.17, 15) is 13.2 Å². The van der Waals surface area contributed by atoms with Crippen LogP contribution in [0.1, 0.15) is 23.2 Å². The summed E-state index contributed by atoms with van der Waals surface area (Å²) in [6.07, 6.45) is 1.55. The molecule has 1 aromatic carbocycles. The molecular formula is C16H16BrN3O3S2. The van der Waals surface area contributed by atoms with E-state index in [1.807, 2.05) is 11.9 Å². The molecular weight excluding hydrogens is 426 g/mol. The first-order valence-electron chi connectivity index (χ1n) is 7.55. The number of hydrogen-bond acceptors (Lipinski definition) is 4. The van der Waals surface area contributed by atoms with Crippen LogP contribution in [0.15, 0.2) is 48.8 Å². The zero-order valence-electron chi connectivity index (χ0n) is 13.4. The van der Waals surface area contributed by atoms with E-state index in [0.29, 0.717) is 23.5 Å². The van der Waals surface area contributed by atoms with Crippen molar-refractivity contribution in [2.45, 2.75) is 17.7 Å². The molecule has 132 valence electrons. The second kappa shape index (κ2) is 7.27. The predicted molar refractivity (Wildman–Crippen MR) is 103 cm³/mol. The first-order valence-corrected chi connectivity index (χ1v) is 10.7. The summed E-state index contributed by atoms with van der Waals surface area (Å²) in [7, 11) is -1.98. The Morgan fingerprint density at radius 1 is 1.36 bits per heavy atom. The predicted octanol–water partition coefficient (Wildman–Crippen LogP) is 3.58. The topological polar surface area (TPSA) is 78.8 Å². The molecule has 1 aromatic heterocycles. The Bertz CT molecular complexity index is 938. The molecule has 3 rings (SSSR count). The Morgan fingerprint density at radius 2 is 2.16 bits per heavy atom. The van der Waals surface area contributed by atoms with Crippen LogP contribution in [0, 0.1) is 0 Å². The first-order chi connectivity index (χ1) is 11.8. The summed E-state index contributed by atoms with van der Waals surface area (Å²) in [5, 5.41) is 4.43. The normalized spacial score (nSPS) is 16.4. The van der Waals surface area contributed by atoms with Crippen LogP contribution in [0.3, 0.4) is 0 Å². The molecule has 0 saturated carbocycles. The van der Waals surface area contributed by atoms with Gasteiger partial charge in [0.05, 0.1) is 14.2 Å². The van der Waals surface area contributed by atoms with Gasteiger partial charge in [-0.05, 0) is 46.6 Å². The zero-order chi connectivity index (χ0) is 18.0. The van der Waals surface area contributed by atoms with E-state index in [4.69, 9.17) is 0 Å². The van der Waals surface area contributed by atoms with Gasteiger partial charge in [-0.15, -0.1) is 15.7 Å². The van der Waals surface area contributed by atoms with Crippen molar-refractivity contribution in [3.05, 3.63) is 45.1 Å². The number of amidine groups is 1. The highest BCUT2D eigenvalue weighted by molar-refractivity contribution is 9.11. The summed E-state index contributed by atoms with van der Waals surface area (Å²) in [5.41, 5.74) is 0.923. The standard InChI is InChI=1S/C16H16BrN3O3S2/c1-20-7-3-6-15(20)19-25(22,23)13-5-2-4-12(9-13)18-16(21)11-8-14(17)24-10-11/h2,4-5,8-10H,3,6-7H2,1H3,(H,18,21)/b19-15+. The Morgan fingerprint density at radius 3 is 2.80 bits per heavy atom. The average molecular weight is 442 g/mol. The minimum absolute atomic E-state index is 0.0598. The lowest BCUT2D eigenvalue weighted by molar-refractivity contribution is 0.102. The van der Waals surface area contributed by atoms with Crippen LogP contribution in [-0.4, -0.2) is 38.7 Å². The summed E-state index contributed by atoms with van der Waals surface area (Å²) in [6, 6.07) is 7.85. The van der Waals surface area contributed by atoms with E-state index in [0.717, 1.165) is 16.8 Å². The summed E-state index contributed by atoms with van der Waals surface area (Å²) < 4.78 is 29.8. The maximum atomic E-state index is 12.5. The van der Waals surface area contributed by atoms with Gasteiger partial charge in [0.1, 0.15) is 5.84 Å². The van der Waals surface area contributed by atoms with Gasteiger partial charge < -0.3 is 10.2 Å². The molecule has 0 spiro atoms. The van der Waals surface area contributed by atoms with Crippen molar-refractivity contribution in [2.24, 2.45) is 4.40 Å². The summed E-state index contributed by atoms with van der Waals surface area (Å²) in [5.74, 6) is 0.274. The lowest BCUT2D eigenvalue weighted by Gasteiger charge is -2.11. The Balaban J connectivity index is 1.82. The molecule has 25 heavy (non-hydrogen) atoms. The lowest BCUT2D eigenvalue weighted by Crippen LogP contribution is -2.20. The molecule has 0 aliphatic carbocycles. The monoisotopic (exact) mass is 441 g/mol. The molecule has 2 heterocycles. The van der Waals surface area contributed by atoms with Gasteiger partial charge in [0.15, 0.2) is 0 Å². The number of carbonyl (C=O) groups is 1. The molecule has 0 bridgehead atoms. The maximum absolute atomic E-state index is 12.5. The van der Waals surface area contributed by atoms with Crippen LogP contribution in [0.5, 0.6) is 0 Å². The fourth-order valence-corrected chi connectivity index (χ4v) is 4.74. The van der Waals surface area contributed by atoms with Crippen molar-refractivity contribution in [1.29, 1.82) is 0 Å². The van der Waals surface area contributed by atoms with Crippen molar-refractivity contribution in [1.82, 2.24) is 4.90 Å². The smallest absolute Gasteiger partial charge is 0.284 e. The molecule has 0 unspecified atom stereocenters. The fourth-order valence-electron chi connectivity index (χ4n) is 2.47. The number of nitrogens with one attached hydrogen (secondary N) is 1. The minimum atomic E-state index is -3.81. The van der Waals surface area contributed by atoms with Gasteiger partial charge in [-0.3, -0.25) is 4.79 Å². The van der Waals surface area contributed by atoms with E-state index < -0.39 is 10.0 Å².